The second kappa shape index (κ2) is 7.41. The molecule has 0 unspecified atom stereocenters. The van der Waals surface area contributed by atoms with E-state index in [4.69, 9.17) is 21.1 Å². The second-order valence-corrected chi connectivity index (χ2v) is 5.10. The van der Waals surface area contributed by atoms with Gasteiger partial charge in [-0.1, -0.05) is 45.7 Å². The van der Waals surface area contributed by atoms with E-state index in [0.29, 0.717) is 23.1 Å². The van der Waals surface area contributed by atoms with Gasteiger partial charge < -0.3 is 9.47 Å². The molecule has 0 aliphatic rings. The Morgan fingerprint density at radius 3 is 2.47 bits per heavy atom. The number of hydrogen-bond acceptors (Lipinski definition) is 2. The molecule has 19 heavy (non-hydrogen) atoms. The van der Waals surface area contributed by atoms with E-state index >= 15 is 0 Å². The van der Waals surface area contributed by atoms with Crippen molar-refractivity contribution >= 4 is 27.5 Å². The topological polar surface area (TPSA) is 18.5 Å². The lowest BCUT2D eigenvalue weighted by atomic mass is 10.3. The molecule has 0 aromatic heterocycles. The van der Waals surface area contributed by atoms with Crippen LogP contribution in [-0.2, 0) is 0 Å². The molecule has 0 fully saturated rings. The van der Waals surface area contributed by atoms with Gasteiger partial charge in [0, 0.05) is 11.4 Å². The van der Waals surface area contributed by atoms with Gasteiger partial charge in [-0.3, -0.25) is 0 Å². The van der Waals surface area contributed by atoms with Crippen LogP contribution in [0.1, 0.15) is 6.42 Å². The fourth-order valence-electron chi connectivity index (χ4n) is 1.52. The highest BCUT2D eigenvalue weighted by atomic mass is 79.9. The molecule has 0 radical (unpaired) electrons. The van der Waals surface area contributed by atoms with Gasteiger partial charge in [0.2, 0.25) is 0 Å². The van der Waals surface area contributed by atoms with Gasteiger partial charge in [0.05, 0.1) is 11.6 Å². The zero-order valence-electron chi connectivity index (χ0n) is 10.3. The third-order valence-corrected chi connectivity index (χ3v) is 3.27. The summed E-state index contributed by atoms with van der Waals surface area (Å²) < 4.78 is 11.3. The molecule has 0 amide bonds. The highest BCUT2D eigenvalue weighted by Gasteiger charge is 2.04. The molecular formula is C15H14BrClO2. The van der Waals surface area contributed by atoms with Crippen molar-refractivity contribution in [2.45, 2.75) is 6.42 Å². The van der Waals surface area contributed by atoms with Gasteiger partial charge >= 0.3 is 0 Å². The van der Waals surface area contributed by atoms with E-state index in [1.807, 2.05) is 42.5 Å². The minimum atomic E-state index is 0.558. The van der Waals surface area contributed by atoms with E-state index in [0.717, 1.165) is 17.5 Å². The maximum atomic E-state index is 6.16. The number of para-hydroxylation sites is 1. The largest absolute Gasteiger partial charge is 0.492 e. The second-order valence-electron chi connectivity index (χ2n) is 3.90. The van der Waals surface area contributed by atoms with Gasteiger partial charge in [0.25, 0.3) is 0 Å². The van der Waals surface area contributed by atoms with Crippen molar-refractivity contribution in [2.75, 3.05) is 11.9 Å². The first-order valence-corrected chi connectivity index (χ1v) is 7.51. The van der Waals surface area contributed by atoms with Crippen LogP contribution in [0.2, 0.25) is 5.02 Å². The maximum absolute atomic E-state index is 6.16. The van der Waals surface area contributed by atoms with Crippen molar-refractivity contribution in [3.05, 3.63) is 53.6 Å². The Kier molecular flexibility index (Phi) is 5.55. The fraction of sp³-hybridized carbons (Fsp3) is 0.200. The third-order valence-electron chi connectivity index (χ3n) is 2.42. The van der Waals surface area contributed by atoms with Crippen LogP contribution in [0.3, 0.4) is 0 Å². The predicted octanol–water partition coefficient (Wildman–Crippen LogP) is 5.30. The number of hydrogen-bond donors (Lipinski definition) is 0. The van der Waals surface area contributed by atoms with E-state index in [2.05, 4.69) is 15.9 Å². The van der Waals surface area contributed by atoms with Crippen LogP contribution >= 0.6 is 27.5 Å². The molecule has 0 heterocycles. The van der Waals surface area contributed by atoms with Crippen LogP contribution in [0.15, 0.2) is 48.5 Å². The lowest BCUT2D eigenvalue weighted by Gasteiger charge is -2.10. The Morgan fingerprint density at radius 1 is 1.00 bits per heavy atom. The molecule has 0 aliphatic heterocycles. The third kappa shape index (κ3) is 4.44. The van der Waals surface area contributed by atoms with Crippen molar-refractivity contribution in [3.63, 3.8) is 0 Å². The molecule has 4 heteroatoms. The van der Waals surface area contributed by atoms with Crippen LogP contribution in [0.25, 0.3) is 0 Å². The Morgan fingerprint density at radius 2 is 1.79 bits per heavy atom. The highest BCUT2D eigenvalue weighted by Crippen LogP contribution is 2.31. The molecule has 0 saturated heterocycles. The fourth-order valence-corrected chi connectivity index (χ4v) is 1.98. The van der Waals surface area contributed by atoms with Crippen molar-refractivity contribution in [2.24, 2.45) is 0 Å². The van der Waals surface area contributed by atoms with E-state index in [1.165, 1.54) is 0 Å². The van der Waals surface area contributed by atoms with E-state index in [1.54, 1.807) is 6.07 Å². The standard InChI is InChI=1S/C15H14BrClO2/c16-9-4-10-18-15-8-7-13(11-14(15)17)19-12-5-2-1-3-6-12/h1-3,5-8,11H,4,9-10H2. The number of rotatable bonds is 6. The average Bonchev–Trinajstić information content (AvgIpc) is 2.43. The summed E-state index contributed by atoms with van der Waals surface area (Å²) in [5, 5.41) is 1.47. The van der Waals surface area contributed by atoms with E-state index < -0.39 is 0 Å². The molecule has 0 N–H and O–H groups in total. The highest BCUT2D eigenvalue weighted by molar-refractivity contribution is 9.09. The number of benzene rings is 2. The lowest BCUT2D eigenvalue weighted by Crippen LogP contribution is -1.98. The summed E-state index contributed by atoms with van der Waals surface area (Å²) in [5.74, 6) is 2.17. The quantitative estimate of drug-likeness (QED) is 0.524. The first-order chi connectivity index (χ1) is 9.29. The summed E-state index contributed by atoms with van der Waals surface area (Å²) in [6.07, 6.45) is 0.943. The number of ether oxygens (including phenoxy) is 2. The van der Waals surface area contributed by atoms with Crippen LogP contribution in [0, 0.1) is 0 Å². The summed E-state index contributed by atoms with van der Waals surface area (Å²) in [4.78, 5) is 0. The average molecular weight is 342 g/mol. The van der Waals surface area contributed by atoms with Crippen molar-refractivity contribution in [1.29, 1.82) is 0 Å². The molecule has 2 aromatic carbocycles. The molecule has 0 atom stereocenters. The van der Waals surface area contributed by atoms with Gasteiger partial charge in [0.1, 0.15) is 17.2 Å². The molecule has 0 aliphatic carbocycles. The monoisotopic (exact) mass is 340 g/mol. The van der Waals surface area contributed by atoms with Crippen molar-refractivity contribution < 1.29 is 9.47 Å². The first kappa shape index (κ1) is 14.2. The van der Waals surface area contributed by atoms with Crippen molar-refractivity contribution in [3.8, 4) is 17.2 Å². The van der Waals surface area contributed by atoms with Gasteiger partial charge in [-0.2, -0.15) is 0 Å². The normalized spacial score (nSPS) is 10.2. The molecule has 0 saturated carbocycles. The molecule has 0 spiro atoms. The number of alkyl halides is 1. The summed E-state index contributed by atoms with van der Waals surface area (Å²) >= 11 is 9.51. The molecule has 2 nitrogen and oxygen atoms in total. The van der Waals surface area contributed by atoms with Crippen LogP contribution in [-0.4, -0.2) is 11.9 Å². The van der Waals surface area contributed by atoms with E-state index in [-0.39, 0.29) is 0 Å². The molecule has 2 aromatic rings. The summed E-state index contributed by atoms with van der Waals surface area (Å²) in [7, 11) is 0. The Bertz CT molecular complexity index is 517. The summed E-state index contributed by atoms with van der Waals surface area (Å²) in [6.45, 7) is 0.643. The van der Waals surface area contributed by atoms with Crippen LogP contribution in [0.5, 0.6) is 17.2 Å². The zero-order valence-corrected chi connectivity index (χ0v) is 12.7. The minimum absolute atomic E-state index is 0.558. The smallest absolute Gasteiger partial charge is 0.138 e. The Balaban J connectivity index is 2.02. The zero-order chi connectivity index (χ0) is 13.5. The summed E-state index contributed by atoms with van der Waals surface area (Å²) in [6, 6.07) is 15.0. The Hall–Kier alpha value is -1.19. The van der Waals surface area contributed by atoms with Gasteiger partial charge in [0.15, 0.2) is 0 Å². The predicted molar refractivity (Wildman–Crippen MR) is 81.9 cm³/mol. The van der Waals surface area contributed by atoms with Gasteiger partial charge in [-0.15, -0.1) is 0 Å². The molecular weight excluding hydrogens is 328 g/mol. The van der Waals surface area contributed by atoms with Crippen molar-refractivity contribution in [1.82, 2.24) is 0 Å². The summed E-state index contributed by atoms with van der Waals surface area (Å²) in [5.41, 5.74) is 0. The molecule has 0 bridgehead atoms. The van der Waals surface area contributed by atoms with E-state index in [9.17, 15) is 0 Å². The maximum Gasteiger partial charge on any atom is 0.138 e. The lowest BCUT2D eigenvalue weighted by molar-refractivity contribution is 0.319. The number of halogens is 2. The Labute approximate surface area is 126 Å². The van der Waals surface area contributed by atoms with Crippen LogP contribution in [0.4, 0.5) is 0 Å². The van der Waals surface area contributed by atoms with Gasteiger partial charge in [-0.25, -0.2) is 0 Å². The minimum Gasteiger partial charge on any atom is -0.492 e. The SMILES string of the molecule is Clc1cc(Oc2ccccc2)ccc1OCCCBr. The molecule has 2 rings (SSSR count). The molecule has 100 valence electrons. The van der Waals surface area contributed by atoms with Gasteiger partial charge in [-0.05, 0) is 30.7 Å². The van der Waals surface area contributed by atoms with Crippen LogP contribution < -0.4 is 9.47 Å². The first-order valence-electron chi connectivity index (χ1n) is 6.01.